The highest BCUT2D eigenvalue weighted by Crippen LogP contribution is 2.29. The molecule has 0 unspecified atom stereocenters. The van der Waals surface area contributed by atoms with E-state index in [0.29, 0.717) is 0 Å². The van der Waals surface area contributed by atoms with Crippen LogP contribution in [0.4, 0.5) is 5.69 Å². The molecule has 0 bridgehead atoms. The molecule has 1 aliphatic carbocycles. The summed E-state index contributed by atoms with van der Waals surface area (Å²) in [7, 11) is 1.96. The van der Waals surface area contributed by atoms with Gasteiger partial charge in [-0.05, 0) is 31.7 Å². The minimum absolute atomic E-state index is 0.289. The van der Waals surface area contributed by atoms with E-state index in [1.165, 1.54) is 25.5 Å². The zero-order valence-electron chi connectivity index (χ0n) is 10.3. The summed E-state index contributed by atoms with van der Waals surface area (Å²) < 4.78 is 0. The number of anilines is 1. The van der Waals surface area contributed by atoms with Crippen LogP contribution in [0.5, 0.6) is 0 Å². The first-order valence-electron chi connectivity index (χ1n) is 5.99. The Morgan fingerprint density at radius 2 is 2.29 bits per heavy atom. The number of rotatable bonds is 4. The predicted molar refractivity (Wildman–Crippen MR) is 66.5 cm³/mol. The quantitative estimate of drug-likeness (QED) is 0.868. The highest BCUT2D eigenvalue weighted by Gasteiger charge is 2.21. The smallest absolute Gasteiger partial charge is 0.339 e. The van der Waals surface area contributed by atoms with E-state index < -0.39 is 5.97 Å². The summed E-state index contributed by atoms with van der Waals surface area (Å²) in [5.74, 6) is -0.192. The zero-order chi connectivity index (χ0) is 12.4. The molecule has 0 spiro atoms. The van der Waals surface area contributed by atoms with Crippen molar-refractivity contribution < 1.29 is 9.90 Å². The van der Waals surface area contributed by atoms with Crippen LogP contribution in [0, 0.1) is 12.8 Å². The van der Waals surface area contributed by atoms with E-state index in [1.54, 1.807) is 0 Å². The third-order valence-electron chi connectivity index (χ3n) is 3.42. The molecule has 0 amide bonds. The fourth-order valence-corrected chi connectivity index (χ4v) is 2.19. The standard InChI is InChI=1S/C13H18N2O2/c1-9-6-12(11(7-14-9)13(16)17)15(2)8-10-4-3-5-10/h6-7,10H,3-5,8H2,1-2H3,(H,16,17). The lowest BCUT2D eigenvalue weighted by atomic mass is 9.85. The van der Waals surface area contributed by atoms with Crippen molar-refractivity contribution in [1.82, 2.24) is 4.98 Å². The molecule has 1 saturated carbocycles. The molecule has 0 saturated heterocycles. The van der Waals surface area contributed by atoms with Crippen molar-refractivity contribution >= 4 is 11.7 Å². The molecule has 1 heterocycles. The molecule has 1 fully saturated rings. The molecule has 0 atom stereocenters. The predicted octanol–water partition coefficient (Wildman–Crippen LogP) is 2.32. The Morgan fingerprint density at radius 1 is 1.59 bits per heavy atom. The molecular weight excluding hydrogens is 216 g/mol. The number of carbonyl (C=O) groups is 1. The second kappa shape index (κ2) is 4.73. The minimum Gasteiger partial charge on any atom is -0.478 e. The van der Waals surface area contributed by atoms with Crippen molar-refractivity contribution in [1.29, 1.82) is 0 Å². The maximum absolute atomic E-state index is 11.1. The zero-order valence-corrected chi connectivity index (χ0v) is 10.3. The molecule has 0 aliphatic heterocycles. The highest BCUT2D eigenvalue weighted by molar-refractivity contribution is 5.94. The number of carboxylic acid groups (broad SMARTS) is 1. The Hall–Kier alpha value is -1.58. The SMILES string of the molecule is Cc1cc(N(C)CC2CCC2)c(C(=O)O)cn1. The van der Waals surface area contributed by atoms with Gasteiger partial charge in [0.2, 0.25) is 0 Å². The van der Waals surface area contributed by atoms with Gasteiger partial charge in [0, 0.05) is 25.5 Å². The van der Waals surface area contributed by atoms with Crippen molar-refractivity contribution in [3.63, 3.8) is 0 Å². The van der Waals surface area contributed by atoms with Gasteiger partial charge in [0.05, 0.1) is 5.69 Å². The molecule has 0 aromatic carbocycles. The summed E-state index contributed by atoms with van der Waals surface area (Å²) in [6.07, 6.45) is 5.28. The van der Waals surface area contributed by atoms with Crippen molar-refractivity contribution in [2.45, 2.75) is 26.2 Å². The van der Waals surface area contributed by atoms with Crippen molar-refractivity contribution in [2.24, 2.45) is 5.92 Å². The van der Waals surface area contributed by atoms with Crippen molar-refractivity contribution in [3.8, 4) is 0 Å². The number of aryl methyl sites for hydroxylation is 1. The van der Waals surface area contributed by atoms with Gasteiger partial charge in [-0.2, -0.15) is 0 Å². The van der Waals surface area contributed by atoms with Gasteiger partial charge < -0.3 is 10.0 Å². The Balaban J connectivity index is 2.21. The Bertz CT molecular complexity index is 427. The van der Waals surface area contributed by atoms with E-state index in [0.717, 1.165) is 23.8 Å². The lowest BCUT2D eigenvalue weighted by molar-refractivity contribution is 0.0697. The van der Waals surface area contributed by atoms with Crippen LogP contribution in [0.2, 0.25) is 0 Å². The number of hydrogen-bond acceptors (Lipinski definition) is 3. The molecule has 17 heavy (non-hydrogen) atoms. The molecule has 0 radical (unpaired) electrons. The van der Waals surface area contributed by atoms with Gasteiger partial charge in [0.15, 0.2) is 0 Å². The summed E-state index contributed by atoms with van der Waals surface area (Å²) in [5, 5.41) is 9.14. The van der Waals surface area contributed by atoms with Gasteiger partial charge in [-0.3, -0.25) is 4.98 Å². The number of carboxylic acids is 1. The first-order chi connectivity index (χ1) is 8.08. The molecule has 1 aliphatic rings. The maximum atomic E-state index is 11.1. The number of aromatic carboxylic acids is 1. The van der Waals surface area contributed by atoms with Crippen LogP contribution in [-0.2, 0) is 0 Å². The summed E-state index contributed by atoms with van der Waals surface area (Å²) in [6.45, 7) is 2.82. The van der Waals surface area contributed by atoms with Gasteiger partial charge in [0.1, 0.15) is 5.56 Å². The minimum atomic E-state index is -0.909. The van der Waals surface area contributed by atoms with E-state index in [9.17, 15) is 4.79 Å². The second-order valence-corrected chi connectivity index (χ2v) is 4.83. The third kappa shape index (κ3) is 2.57. The molecule has 4 heteroatoms. The summed E-state index contributed by atoms with van der Waals surface area (Å²) in [4.78, 5) is 17.2. The average Bonchev–Trinajstić information content (AvgIpc) is 2.22. The fourth-order valence-electron chi connectivity index (χ4n) is 2.19. The van der Waals surface area contributed by atoms with Gasteiger partial charge in [0.25, 0.3) is 0 Å². The van der Waals surface area contributed by atoms with Gasteiger partial charge >= 0.3 is 5.97 Å². The van der Waals surface area contributed by atoms with Gasteiger partial charge in [-0.1, -0.05) is 6.42 Å². The summed E-state index contributed by atoms with van der Waals surface area (Å²) >= 11 is 0. The van der Waals surface area contributed by atoms with Crippen LogP contribution in [0.25, 0.3) is 0 Å². The lowest BCUT2D eigenvalue weighted by Crippen LogP contribution is -2.30. The van der Waals surface area contributed by atoms with Crippen molar-refractivity contribution in [3.05, 3.63) is 23.5 Å². The molecule has 1 N–H and O–H groups in total. The molecule has 2 rings (SSSR count). The average molecular weight is 234 g/mol. The lowest BCUT2D eigenvalue weighted by Gasteiger charge is -2.31. The molecular formula is C13H18N2O2. The monoisotopic (exact) mass is 234 g/mol. The summed E-state index contributed by atoms with van der Waals surface area (Å²) in [6, 6.07) is 1.85. The largest absolute Gasteiger partial charge is 0.478 e. The van der Waals surface area contributed by atoms with Crippen LogP contribution in [0.3, 0.4) is 0 Å². The number of nitrogens with zero attached hydrogens (tertiary/aromatic N) is 2. The normalized spacial score (nSPS) is 15.4. The second-order valence-electron chi connectivity index (χ2n) is 4.83. The molecule has 4 nitrogen and oxygen atoms in total. The van der Waals surface area contributed by atoms with Crippen LogP contribution in [-0.4, -0.2) is 29.7 Å². The van der Waals surface area contributed by atoms with Crippen LogP contribution in [0.15, 0.2) is 12.3 Å². The maximum Gasteiger partial charge on any atom is 0.339 e. The Morgan fingerprint density at radius 3 is 2.82 bits per heavy atom. The van der Waals surface area contributed by atoms with E-state index in [2.05, 4.69) is 4.98 Å². The van der Waals surface area contributed by atoms with Crippen molar-refractivity contribution in [2.75, 3.05) is 18.5 Å². The molecule has 1 aromatic rings. The number of hydrogen-bond donors (Lipinski definition) is 1. The number of pyridine rings is 1. The highest BCUT2D eigenvalue weighted by atomic mass is 16.4. The van der Waals surface area contributed by atoms with E-state index >= 15 is 0 Å². The van der Waals surface area contributed by atoms with Crippen LogP contribution in [0.1, 0.15) is 35.3 Å². The Labute approximate surface area is 101 Å². The van der Waals surface area contributed by atoms with E-state index in [4.69, 9.17) is 5.11 Å². The van der Waals surface area contributed by atoms with Crippen LogP contribution < -0.4 is 4.90 Å². The fraction of sp³-hybridized carbons (Fsp3) is 0.538. The first-order valence-corrected chi connectivity index (χ1v) is 5.99. The number of aromatic nitrogens is 1. The Kier molecular flexibility index (Phi) is 3.31. The van der Waals surface area contributed by atoms with E-state index in [1.807, 2.05) is 24.9 Å². The summed E-state index contributed by atoms with van der Waals surface area (Å²) in [5.41, 5.74) is 1.92. The van der Waals surface area contributed by atoms with E-state index in [-0.39, 0.29) is 5.56 Å². The van der Waals surface area contributed by atoms with Crippen LogP contribution >= 0.6 is 0 Å². The first kappa shape index (κ1) is 11.9. The molecule has 1 aromatic heterocycles. The third-order valence-corrected chi connectivity index (χ3v) is 3.42. The van der Waals surface area contributed by atoms with Gasteiger partial charge in [-0.25, -0.2) is 4.79 Å². The topological polar surface area (TPSA) is 53.4 Å². The van der Waals surface area contributed by atoms with Gasteiger partial charge in [-0.15, -0.1) is 0 Å². The molecule has 92 valence electrons.